The van der Waals surface area contributed by atoms with E-state index in [0.717, 1.165) is 42.0 Å². The number of ether oxygens (including phenoxy) is 1. The van der Waals surface area contributed by atoms with Gasteiger partial charge in [0.1, 0.15) is 0 Å². The van der Waals surface area contributed by atoms with E-state index in [1.54, 1.807) is 0 Å². The van der Waals surface area contributed by atoms with Gasteiger partial charge in [0, 0.05) is 19.1 Å². The molecule has 0 aromatic carbocycles. The second kappa shape index (κ2) is 8.63. The van der Waals surface area contributed by atoms with Crippen molar-refractivity contribution in [1.82, 2.24) is 4.90 Å². The molecule has 0 aliphatic heterocycles. The highest BCUT2D eigenvalue weighted by atomic mass is 32.1. The number of nitrogens with zero attached hydrogens (tertiary/aromatic N) is 1. The second-order valence-electron chi connectivity index (χ2n) is 6.76. The molecule has 7 heteroatoms. The summed E-state index contributed by atoms with van der Waals surface area (Å²) in [7, 11) is 2.11. The van der Waals surface area contributed by atoms with Crippen LogP contribution in [0, 0.1) is 0 Å². The van der Waals surface area contributed by atoms with Crippen molar-refractivity contribution in [2.45, 2.75) is 43.4 Å². The first-order valence-electron chi connectivity index (χ1n) is 8.97. The van der Waals surface area contributed by atoms with Gasteiger partial charge in [0.15, 0.2) is 0 Å². The lowest BCUT2D eigenvalue weighted by atomic mass is 9.90. The molecule has 3 N–H and O–H groups in total. The Morgan fingerprint density at radius 1 is 1.23 bits per heavy atom. The van der Waals surface area contributed by atoms with Crippen molar-refractivity contribution in [3.63, 3.8) is 0 Å². The van der Waals surface area contributed by atoms with Gasteiger partial charge in [-0.05, 0) is 55.6 Å². The highest BCUT2D eigenvalue weighted by molar-refractivity contribution is 7.12. The Hall–Kier alpha value is -1.25. The highest BCUT2D eigenvalue weighted by Crippen LogP contribution is 2.42. The van der Waals surface area contributed by atoms with E-state index in [2.05, 4.69) is 11.9 Å². The predicted molar refractivity (Wildman–Crippen MR) is 106 cm³/mol. The number of carbonyl (C=O) groups is 1. The smallest absolute Gasteiger partial charge is 0.347 e. The van der Waals surface area contributed by atoms with E-state index in [1.165, 1.54) is 22.7 Å². The Morgan fingerprint density at radius 2 is 1.81 bits per heavy atom. The van der Waals surface area contributed by atoms with Gasteiger partial charge < -0.3 is 20.5 Å². The summed E-state index contributed by atoms with van der Waals surface area (Å²) in [6, 6.07) is 7.99. The van der Waals surface area contributed by atoms with Gasteiger partial charge in [-0.2, -0.15) is 0 Å². The Balaban J connectivity index is 1.79. The molecule has 5 nitrogen and oxygen atoms in total. The monoisotopic (exact) mass is 394 g/mol. The molecule has 1 fully saturated rings. The van der Waals surface area contributed by atoms with Crippen LogP contribution in [0.25, 0.3) is 0 Å². The van der Waals surface area contributed by atoms with Crippen LogP contribution in [0.5, 0.6) is 0 Å². The van der Waals surface area contributed by atoms with Gasteiger partial charge in [0.2, 0.25) is 5.60 Å². The molecule has 26 heavy (non-hydrogen) atoms. The number of hydrogen-bond donors (Lipinski definition) is 2. The maximum absolute atomic E-state index is 12.4. The SMILES string of the molecule is CN(CCN)C1CCC(OC(C(=O)O)(c2cccs2)c2cccs2)CC1. The standard InChI is InChI=1S/C19H26N2O3S2/c1-21(11-10-20)14-6-8-15(9-7-14)24-19(18(22)23,16-4-2-12-25-16)17-5-3-13-26-17/h2-5,12-15H,6-11,20H2,1H3,(H,22,23). The zero-order chi connectivity index (χ0) is 18.6. The quantitative estimate of drug-likeness (QED) is 0.718. The minimum atomic E-state index is -1.40. The Morgan fingerprint density at radius 3 is 2.23 bits per heavy atom. The van der Waals surface area contributed by atoms with Crippen molar-refractivity contribution in [3.8, 4) is 0 Å². The molecule has 0 unspecified atom stereocenters. The Kier molecular flexibility index (Phi) is 6.47. The van der Waals surface area contributed by atoms with Crippen LogP contribution < -0.4 is 5.73 Å². The van der Waals surface area contributed by atoms with Crippen LogP contribution in [0.3, 0.4) is 0 Å². The molecule has 2 aromatic rings. The van der Waals surface area contributed by atoms with Crippen LogP contribution in [0.2, 0.25) is 0 Å². The lowest BCUT2D eigenvalue weighted by molar-refractivity contribution is -0.170. The predicted octanol–water partition coefficient (Wildman–Crippen LogP) is 3.36. The van der Waals surface area contributed by atoms with Gasteiger partial charge in [-0.1, -0.05) is 12.1 Å². The Bertz CT molecular complexity index is 645. The molecular formula is C19H26N2O3S2. The summed E-state index contributed by atoms with van der Waals surface area (Å²) >= 11 is 2.87. The average Bonchev–Trinajstić information content (AvgIpc) is 3.34. The first kappa shape index (κ1) is 19.5. The minimum absolute atomic E-state index is 0.0576. The summed E-state index contributed by atoms with van der Waals surface area (Å²) < 4.78 is 6.40. The summed E-state index contributed by atoms with van der Waals surface area (Å²) in [4.78, 5) is 16.2. The molecule has 3 rings (SSSR count). The van der Waals surface area contributed by atoms with E-state index in [0.29, 0.717) is 12.6 Å². The molecule has 0 amide bonds. The molecule has 0 radical (unpaired) electrons. The van der Waals surface area contributed by atoms with Gasteiger partial charge in [-0.15, -0.1) is 22.7 Å². The number of hydrogen-bond acceptors (Lipinski definition) is 6. The summed E-state index contributed by atoms with van der Waals surface area (Å²) in [6.07, 6.45) is 3.69. The Labute approximate surface area is 162 Å². The molecular weight excluding hydrogens is 368 g/mol. The van der Waals surface area contributed by atoms with Gasteiger partial charge in [0.05, 0.1) is 15.9 Å². The second-order valence-corrected chi connectivity index (χ2v) is 8.65. The third-order valence-electron chi connectivity index (χ3n) is 5.13. The lowest BCUT2D eigenvalue weighted by Gasteiger charge is -2.38. The number of carboxylic acid groups (broad SMARTS) is 1. The van der Waals surface area contributed by atoms with E-state index >= 15 is 0 Å². The number of aliphatic carboxylic acids is 1. The number of likely N-dealkylation sites (N-methyl/N-ethyl adjacent to an activating group) is 1. The molecule has 0 bridgehead atoms. The molecule has 2 heterocycles. The highest BCUT2D eigenvalue weighted by Gasteiger charge is 2.48. The maximum atomic E-state index is 12.4. The molecule has 2 aromatic heterocycles. The summed E-state index contributed by atoms with van der Waals surface area (Å²) in [5.74, 6) is -0.940. The van der Waals surface area contributed by atoms with E-state index in [1.807, 2.05) is 35.0 Å². The van der Waals surface area contributed by atoms with E-state index in [4.69, 9.17) is 10.5 Å². The van der Waals surface area contributed by atoms with E-state index < -0.39 is 11.6 Å². The normalized spacial score (nSPS) is 21.2. The summed E-state index contributed by atoms with van der Waals surface area (Å²) in [6.45, 7) is 1.55. The average molecular weight is 395 g/mol. The third-order valence-corrected chi connectivity index (χ3v) is 7.07. The van der Waals surface area contributed by atoms with Gasteiger partial charge in [-0.3, -0.25) is 0 Å². The molecule has 0 saturated heterocycles. The zero-order valence-corrected chi connectivity index (χ0v) is 16.6. The fourth-order valence-electron chi connectivity index (χ4n) is 3.70. The van der Waals surface area contributed by atoms with Crippen LogP contribution in [-0.4, -0.2) is 48.3 Å². The molecule has 1 aliphatic rings. The van der Waals surface area contributed by atoms with Crippen molar-refractivity contribution in [2.75, 3.05) is 20.1 Å². The molecule has 142 valence electrons. The van der Waals surface area contributed by atoms with Crippen molar-refractivity contribution in [2.24, 2.45) is 5.73 Å². The third kappa shape index (κ3) is 3.87. The number of thiophene rings is 2. The lowest BCUT2D eigenvalue weighted by Crippen LogP contribution is -2.45. The zero-order valence-electron chi connectivity index (χ0n) is 15.0. The molecule has 0 atom stereocenters. The number of rotatable bonds is 8. The minimum Gasteiger partial charge on any atom is -0.479 e. The van der Waals surface area contributed by atoms with Gasteiger partial charge >= 0.3 is 5.97 Å². The van der Waals surface area contributed by atoms with Crippen LogP contribution >= 0.6 is 22.7 Å². The van der Waals surface area contributed by atoms with Crippen molar-refractivity contribution in [3.05, 3.63) is 44.8 Å². The summed E-state index contributed by atoms with van der Waals surface area (Å²) in [5, 5.41) is 14.0. The number of nitrogens with two attached hydrogens (primary N) is 1. The number of carboxylic acids is 1. The summed E-state index contributed by atoms with van der Waals surface area (Å²) in [5.41, 5.74) is 4.26. The van der Waals surface area contributed by atoms with Crippen molar-refractivity contribution >= 4 is 28.6 Å². The molecule has 0 spiro atoms. The van der Waals surface area contributed by atoms with Crippen LogP contribution in [-0.2, 0) is 15.1 Å². The topological polar surface area (TPSA) is 75.8 Å². The van der Waals surface area contributed by atoms with Crippen LogP contribution in [0.1, 0.15) is 35.4 Å². The van der Waals surface area contributed by atoms with Crippen LogP contribution in [0.15, 0.2) is 35.0 Å². The van der Waals surface area contributed by atoms with Crippen molar-refractivity contribution in [1.29, 1.82) is 0 Å². The van der Waals surface area contributed by atoms with E-state index in [9.17, 15) is 9.90 Å². The molecule has 1 saturated carbocycles. The van der Waals surface area contributed by atoms with Gasteiger partial charge in [0.25, 0.3) is 0 Å². The first-order valence-corrected chi connectivity index (χ1v) is 10.7. The van der Waals surface area contributed by atoms with E-state index in [-0.39, 0.29) is 6.10 Å². The molecule has 1 aliphatic carbocycles. The first-order chi connectivity index (χ1) is 12.6. The largest absolute Gasteiger partial charge is 0.479 e. The fourth-order valence-corrected chi connectivity index (χ4v) is 5.51. The van der Waals surface area contributed by atoms with Crippen LogP contribution in [0.4, 0.5) is 0 Å². The maximum Gasteiger partial charge on any atom is 0.347 e. The fraction of sp³-hybridized carbons (Fsp3) is 0.526. The van der Waals surface area contributed by atoms with Crippen molar-refractivity contribution < 1.29 is 14.6 Å². The van der Waals surface area contributed by atoms with Gasteiger partial charge in [-0.25, -0.2) is 4.79 Å².